The lowest BCUT2D eigenvalue weighted by molar-refractivity contribution is 0.111. The molecular weight excluding hydrogens is 256 g/mol. The molecule has 0 heterocycles. The molecule has 0 saturated heterocycles. The molecule has 0 aliphatic rings. The molecule has 0 fully saturated rings. The van der Waals surface area contributed by atoms with E-state index in [-0.39, 0.29) is 6.10 Å². The highest BCUT2D eigenvalue weighted by Gasteiger charge is 2.03. The SMILES string of the molecule is CC#CCC[C@H](C#Cc1ccccc1)OC/C=C/C=C/C. The lowest BCUT2D eigenvalue weighted by Gasteiger charge is -2.08. The molecule has 0 N–H and O–H groups in total. The molecule has 1 aromatic carbocycles. The summed E-state index contributed by atoms with van der Waals surface area (Å²) in [5.41, 5.74) is 1.01. The number of rotatable bonds is 6. The molecule has 108 valence electrons. The van der Waals surface area contributed by atoms with Crippen molar-refractivity contribution >= 4 is 0 Å². The van der Waals surface area contributed by atoms with Crippen LogP contribution in [0, 0.1) is 23.7 Å². The Hall–Kier alpha value is -2.22. The molecule has 0 aliphatic heterocycles. The Morgan fingerprint density at radius 3 is 2.71 bits per heavy atom. The molecule has 1 nitrogen and oxygen atoms in total. The van der Waals surface area contributed by atoms with E-state index in [1.165, 1.54) is 0 Å². The van der Waals surface area contributed by atoms with Crippen molar-refractivity contribution in [2.24, 2.45) is 0 Å². The van der Waals surface area contributed by atoms with Gasteiger partial charge in [0.15, 0.2) is 0 Å². The first-order valence-corrected chi connectivity index (χ1v) is 7.22. The van der Waals surface area contributed by atoms with Crippen molar-refractivity contribution in [2.45, 2.75) is 32.8 Å². The summed E-state index contributed by atoms with van der Waals surface area (Å²) in [4.78, 5) is 0. The van der Waals surface area contributed by atoms with Gasteiger partial charge in [-0.15, -0.1) is 11.8 Å². The fourth-order valence-electron chi connectivity index (χ4n) is 1.63. The third-order valence-corrected chi connectivity index (χ3v) is 2.69. The van der Waals surface area contributed by atoms with Gasteiger partial charge < -0.3 is 4.74 Å². The molecule has 0 spiro atoms. The van der Waals surface area contributed by atoms with Crippen molar-refractivity contribution in [3.8, 4) is 23.7 Å². The first-order valence-electron chi connectivity index (χ1n) is 7.22. The van der Waals surface area contributed by atoms with Crippen molar-refractivity contribution < 1.29 is 4.74 Å². The summed E-state index contributed by atoms with van der Waals surface area (Å²) < 4.78 is 5.79. The van der Waals surface area contributed by atoms with Crippen molar-refractivity contribution in [1.29, 1.82) is 0 Å². The summed E-state index contributed by atoms with van der Waals surface area (Å²) in [7, 11) is 0. The van der Waals surface area contributed by atoms with Crippen LogP contribution in [0.3, 0.4) is 0 Å². The first-order chi connectivity index (χ1) is 10.4. The fourth-order valence-corrected chi connectivity index (χ4v) is 1.63. The van der Waals surface area contributed by atoms with Gasteiger partial charge in [0.1, 0.15) is 6.10 Å². The minimum absolute atomic E-state index is 0.0821. The Morgan fingerprint density at radius 2 is 2.00 bits per heavy atom. The Bertz CT molecular complexity index is 559. The van der Waals surface area contributed by atoms with Gasteiger partial charge in [0.2, 0.25) is 0 Å². The van der Waals surface area contributed by atoms with Gasteiger partial charge in [-0.3, -0.25) is 0 Å². The highest BCUT2D eigenvalue weighted by molar-refractivity contribution is 5.34. The molecule has 1 atom stereocenters. The number of hydrogen-bond acceptors (Lipinski definition) is 1. The van der Waals surface area contributed by atoms with Crippen LogP contribution in [0.1, 0.15) is 32.3 Å². The zero-order valence-corrected chi connectivity index (χ0v) is 12.8. The quantitative estimate of drug-likeness (QED) is 0.555. The van der Waals surface area contributed by atoms with Gasteiger partial charge >= 0.3 is 0 Å². The van der Waals surface area contributed by atoms with Crippen LogP contribution in [0.15, 0.2) is 54.6 Å². The molecule has 1 rings (SSSR count). The Morgan fingerprint density at radius 1 is 1.19 bits per heavy atom. The number of hydrogen-bond donors (Lipinski definition) is 0. The molecule has 21 heavy (non-hydrogen) atoms. The molecule has 0 aromatic heterocycles. The molecule has 0 radical (unpaired) electrons. The maximum atomic E-state index is 5.79. The molecule has 1 heteroatoms. The topological polar surface area (TPSA) is 9.23 Å². The largest absolute Gasteiger partial charge is 0.361 e. The molecular formula is C20H22O. The van der Waals surface area contributed by atoms with Gasteiger partial charge in [0, 0.05) is 12.0 Å². The van der Waals surface area contributed by atoms with E-state index >= 15 is 0 Å². The van der Waals surface area contributed by atoms with Gasteiger partial charge in [-0.2, -0.15) is 0 Å². The molecule has 0 amide bonds. The molecule has 0 saturated carbocycles. The second-order valence-corrected chi connectivity index (χ2v) is 4.38. The second kappa shape index (κ2) is 11.6. The standard InChI is InChI=1S/C20H22O/c1-3-5-7-12-18-21-20(15-9-6-4-2)17-16-19-13-10-8-11-14-19/h3,5,7-8,10-14,20H,9,15,18H2,1-2H3/b5-3+,12-7+/t20-/m1/s1. The highest BCUT2D eigenvalue weighted by Crippen LogP contribution is 2.03. The Balaban J connectivity index is 2.58. The average molecular weight is 278 g/mol. The predicted octanol–water partition coefficient (Wildman–Crippen LogP) is 4.36. The van der Waals surface area contributed by atoms with Crippen LogP contribution >= 0.6 is 0 Å². The van der Waals surface area contributed by atoms with Crippen LogP contribution in [-0.4, -0.2) is 12.7 Å². The van der Waals surface area contributed by atoms with E-state index in [9.17, 15) is 0 Å². The highest BCUT2D eigenvalue weighted by atomic mass is 16.5. The van der Waals surface area contributed by atoms with Crippen LogP contribution in [0.2, 0.25) is 0 Å². The lowest BCUT2D eigenvalue weighted by atomic mass is 10.1. The zero-order valence-electron chi connectivity index (χ0n) is 12.8. The van der Waals surface area contributed by atoms with Gasteiger partial charge in [-0.05, 0) is 32.4 Å². The first kappa shape index (κ1) is 16.8. The van der Waals surface area contributed by atoms with E-state index in [0.29, 0.717) is 6.61 Å². The summed E-state index contributed by atoms with van der Waals surface area (Å²) in [5, 5.41) is 0. The van der Waals surface area contributed by atoms with Crippen LogP contribution in [0.5, 0.6) is 0 Å². The van der Waals surface area contributed by atoms with Crippen molar-refractivity contribution in [1.82, 2.24) is 0 Å². The van der Waals surface area contributed by atoms with E-state index in [2.05, 4.69) is 23.7 Å². The monoisotopic (exact) mass is 278 g/mol. The van der Waals surface area contributed by atoms with E-state index < -0.39 is 0 Å². The summed E-state index contributed by atoms with van der Waals surface area (Å²) >= 11 is 0. The Kier molecular flexibility index (Phi) is 9.29. The second-order valence-electron chi connectivity index (χ2n) is 4.38. The van der Waals surface area contributed by atoms with E-state index in [1.54, 1.807) is 0 Å². The van der Waals surface area contributed by atoms with Crippen molar-refractivity contribution in [3.63, 3.8) is 0 Å². The number of benzene rings is 1. The fraction of sp³-hybridized carbons (Fsp3) is 0.300. The van der Waals surface area contributed by atoms with Gasteiger partial charge in [-0.25, -0.2) is 0 Å². The summed E-state index contributed by atoms with van der Waals surface area (Å²) in [6, 6.07) is 9.97. The third kappa shape index (κ3) is 8.53. The van der Waals surface area contributed by atoms with Crippen LogP contribution in [-0.2, 0) is 4.74 Å². The van der Waals surface area contributed by atoms with Gasteiger partial charge in [0.25, 0.3) is 0 Å². The summed E-state index contributed by atoms with van der Waals surface area (Å²) in [6.45, 7) is 4.41. The number of ether oxygens (including phenoxy) is 1. The van der Waals surface area contributed by atoms with Gasteiger partial charge in [-0.1, -0.05) is 54.3 Å². The molecule has 0 aliphatic carbocycles. The molecule has 0 bridgehead atoms. The summed E-state index contributed by atoms with van der Waals surface area (Å²) in [5.74, 6) is 12.3. The van der Waals surface area contributed by atoms with Crippen LogP contribution in [0.4, 0.5) is 0 Å². The predicted molar refractivity (Wildman–Crippen MR) is 89.7 cm³/mol. The minimum atomic E-state index is -0.0821. The Labute approximate surface area is 128 Å². The summed E-state index contributed by atoms with van der Waals surface area (Å²) in [6.07, 6.45) is 9.50. The smallest absolute Gasteiger partial charge is 0.119 e. The van der Waals surface area contributed by atoms with E-state index in [4.69, 9.17) is 4.74 Å². The number of allylic oxidation sites excluding steroid dienone is 3. The molecule has 1 aromatic rings. The maximum absolute atomic E-state index is 5.79. The normalized spacial score (nSPS) is 11.7. The van der Waals surface area contributed by atoms with Crippen LogP contribution in [0.25, 0.3) is 0 Å². The van der Waals surface area contributed by atoms with Crippen molar-refractivity contribution in [3.05, 3.63) is 60.2 Å². The van der Waals surface area contributed by atoms with E-state index in [1.807, 2.05) is 68.5 Å². The maximum Gasteiger partial charge on any atom is 0.119 e. The van der Waals surface area contributed by atoms with Gasteiger partial charge in [0.05, 0.1) is 6.61 Å². The third-order valence-electron chi connectivity index (χ3n) is 2.69. The van der Waals surface area contributed by atoms with Crippen LogP contribution < -0.4 is 0 Å². The molecule has 0 unspecified atom stereocenters. The minimum Gasteiger partial charge on any atom is -0.361 e. The van der Waals surface area contributed by atoms with E-state index in [0.717, 1.165) is 18.4 Å². The lowest BCUT2D eigenvalue weighted by Crippen LogP contribution is -2.10. The average Bonchev–Trinajstić information content (AvgIpc) is 2.53. The van der Waals surface area contributed by atoms with Crippen molar-refractivity contribution in [2.75, 3.05) is 6.61 Å². The zero-order chi connectivity index (χ0) is 15.2.